The summed E-state index contributed by atoms with van der Waals surface area (Å²) in [7, 11) is 3.08. The van der Waals surface area contributed by atoms with E-state index in [2.05, 4.69) is 15.3 Å². The summed E-state index contributed by atoms with van der Waals surface area (Å²) in [4.78, 5) is 33.9. The number of aliphatic carboxylic acids is 1. The van der Waals surface area contributed by atoms with Gasteiger partial charge >= 0.3 is 5.97 Å². The molecule has 0 aliphatic carbocycles. The molecule has 10 heteroatoms. The Kier molecular flexibility index (Phi) is 7.14. The number of fused-ring (bicyclic) bond motifs is 1. The van der Waals surface area contributed by atoms with Crippen molar-refractivity contribution < 1.29 is 23.8 Å². The number of benzene rings is 2. The van der Waals surface area contributed by atoms with Gasteiger partial charge in [0.05, 0.1) is 19.0 Å². The number of hydrogen-bond acceptors (Lipinski definition) is 6. The molecule has 0 aliphatic heterocycles. The van der Waals surface area contributed by atoms with Gasteiger partial charge in [0.2, 0.25) is 0 Å². The van der Waals surface area contributed by atoms with E-state index in [-0.39, 0.29) is 18.1 Å². The lowest BCUT2D eigenvalue weighted by atomic mass is 10.1. The van der Waals surface area contributed by atoms with Crippen molar-refractivity contribution in [3.05, 3.63) is 71.9 Å². The Hall–Kier alpha value is -4.47. The first-order valence-corrected chi connectivity index (χ1v) is 11.3. The number of ether oxygens (including phenoxy) is 1. The van der Waals surface area contributed by atoms with Crippen molar-refractivity contribution in [1.82, 2.24) is 19.3 Å². The quantitative estimate of drug-likeness (QED) is 0.354. The van der Waals surface area contributed by atoms with Gasteiger partial charge in [-0.1, -0.05) is 0 Å². The van der Waals surface area contributed by atoms with Crippen LogP contribution in [0, 0.1) is 12.7 Å². The van der Waals surface area contributed by atoms with Crippen LogP contribution >= 0.6 is 0 Å². The maximum Gasteiger partial charge on any atom is 0.303 e. The molecule has 0 saturated carbocycles. The summed E-state index contributed by atoms with van der Waals surface area (Å²) >= 11 is 0. The van der Waals surface area contributed by atoms with E-state index in [1.54, 1.807) is 49.9 Å². The molecule has 186 valence electrons. The minimum atomic E-state index is -0.883. The monoisotopic (exact) mass is 491 g/mol. The summed E-state index contributed by atoms with van der Waals surface area (Å²) in [6.45, 7) is 2.19. The molecule has 0 unspecified atom stereocenters. The predicted octanol–water partition coefficient (Wildman–Crippen LogP) is 4.53. The molecule has 2 N–H and O–H groups in total. The number of hydrogen-bond donors (Lipinski definition) is 2. The SMILES string of the molecule is COc1ccc(-c2cnc3c(Nc4ccc(C(=O)N(C)CCCC(=O)O)c(C)c4)nccn23)cc1F. The molecule has 0 spiro atoms. The van der Waals surface area contributed by atoms with E-state index in [1.807, 2.05) is 17.4 Å². The third-order valence-electron chi connectivity index (χ3n) is 5.83. The van der Waals surface area contributed by atoms with Crippen molar-refractivity contribution in [1.29, 1.82) is 0 Å². The number of carboxylic acids is 1. The number of nitrogens with zero attached hydrogens (tertiary/aromatic N) is 4. The summed E-state index contributed by atoms with van der Waals surface area (Å²) in [5.74, 6) is -0.849. The zero-order valence-corrected chi connectivity index (χ0v) is 20.2. The van der Waals surface area contributed by atoms with Gasteiger partial charge in [-0.25, -0.2) is 14.4 Å². The Morgan fingerprint density at radius 1 is 1.19 bits per heavy atom. The summed E-state index contributed by atoms with van der Waals surface area (Å²) in [5.41, 5.74) is 3.91. The van der Waals surface area contributed by atoms with Gasteiger partial charge in [0.15, 0.2) is 23.0 Å². The van der Waals surface area contributed by atoms with E-state index in [1.165, 1.54) is 18.1 Å². The normalized spacial score (nSPS) is 10.9. The maximum atomic E-state index is 14.2. The van der Waals surface area contributed by atoms with E-state index in [4.69, 9.17) is 9.84 Å². The topological polar surface area (TPSA) is 109 Å². The predicted molar refractivity (Wildman–Crippen MR) is 133 cm³/mol. The lowest BCUT2D eigenvalue weighted by Gasteiger charge is -2.18. The maximum absolute atomic E-state index is 14.2. The van der Waals surface area contributed by atoms with Crippen LogP contribution < -0.4 is 10.1 Å². The van der Waals surface area contributed by atoms with Crippen LogP contribution in [0.25, 0.3) is 16.9 Å². The molecule has 0 saturated heterocycles. The van der Waals surface area contributed by atoms with Crippen molar-refractivity contribution in [3.8, 4) is 17.0 Å². The van der Waals surface area contributed by atoms with Crippen molar-refractivity contribution >= 4 is 29.0 Å². The first-order chi connectivity index (χ1) is 17.3. The third kappa shape index (κ3) is 5.12. The minimum Gasteiger partial charge on any atom is -0.494 e. The van der Waals surface area contributed by atoms with Gasteiger partial charge in [-0.15, -0.1) is 0 Å². The van der Waals surface area contributed by atoms with Crippen LogP contribution in [-0.4, -0.2) is 57.0 Å². The van der Waals surface area contributed by atoms with E-state index in [0.29, 0.717) is 41.3 Å². The number of rotatable bonds is 9. The highest BCUT2D eigenvalue weighted by molar-refractivity contribution is 5.96. The van der Waals surface area contributed by atoms with Crippen LogP contribution in [-0.2, 0) is 4.79 Å². The molecule has 2 aromatic carbocycles. The molecule has 1 amide bonds. The number of nitrogens with one attached hydrogen (secondary N) is 1. The van der Waals surface area contributed by atoms with Crippen LogP contribution in [0.4, 0.5) is 15.9 Å². The van der Waals surface area contributed by atoms with Gasteiger partial charge in [-0.3, -0.25) is 14.0 Å². The summed E-state index contributed by atoms with van der Waals surface area (Å²) in [6, 6.07) is 10.1. The second-order valence-corrected chi connectivity index (χ2v) is 8.34. The number of carboxylic acid groups (broad SMARTS) is 1. The van der Waals surface area contributed by atoms with E-state index in [9.17, 15) is 14.0 Å². The molecule has 0 bridgehead atoms. The average molecular weight is 492 g/mol. The van der Waals surface area contributed by atoms with Crippen LogP contribution in [0.2, 0.25) is 0 Å². The Labute approximate surface area is 207 Å². The number of aromatic nitrogens is 3. The zero-order valence-electron chi connectivity index (χ0n) is 20.2. The molecule has 0 radical (unpaired) electrons. The molecule has 2 aromatic heterocycles. The number of anilines is 2. The van der Waals surface area contributed by atoms with Gasteiger partial charge in [0, 0.05) is 49.2 Å². The number of carbonyl (C=O) groups excluding carboxylic acids is 1. The minimum absolute atomic E-state index is 0.0148. The van der Waals surface area contributed by atoms with Crippen LogP contribution in [0.5, 0.6) is 5.75 Å². The summed E-state index contributed by atoms with van der Waals surface area (Å²) in [6.07, 6.45) is 5.42. The van der Waals surface area contributed by atoms with E-state index in [0.717, 1.165) is 11.3 Å². The lowest BCUT2D eigenvalue weighted by molar-refractivity contribution is -0.137. The standard InChI is InChI=1S/C26H26FN5O4/c1-16-13-18(7-8-19(16)26(35)31(2)11-4-5-23(33)34)30-24-25-29-15-21(32(25)12-10-28-24)17-6-9-22(36-3)20(27)14-17/h6-10,12-15H,4-5,11H2,1-3H3,(H,28,30)(H,33,34). The number of methoxy groups -OCH3 is 1. The van der Waals surface area contributed by atoms with E-state index < -0.39 is 11.8 Å². The fraction of sp³-hybridized carbons (Fsp3) is 0.231. The summed E-state index contributed by atoms with van der Waals surface area (Å²) < 4.78 is 21.1. The molecule has 0 fully saturated rings. The second-order valence-electron chi connectivity index (χ2n) is 8.34. The van der Waals surface area contributed by atoms with Crippen molar-refractivity contribution in [2.75, 3.05) is 26.0 Å². The molecule has 2 heterocycles. The fourth-order valence-corrected chi connectivity index (χ4v) is 3.94. The smallest absolute Gasteiger partial charge is 0.303 e. The average Bonchev–Trinajstić information content (AvgIpc) is 3.28. The first-order valence-electron chi connectivity index (χ1n) is 11.3. The highest BCUT2D eigenvalue weighted by Crippen LogP contribution is 2.29. The Morgan fingerprint density at radius 3 is 2.69 bits per heavy atom. The van der Waals surface area contributed by atoms with Crippen LogP contribution in [0.3, 0.4) is 0 Å². The third-order valence-corrected chi connectivity index (χ3v) is 5.83. The first kappa shape index (κ1) is 24.6. The number of halogens is 1. The second kappa shape index (κ2) is 10.4. The molecule has 0 aliphatic rings. The molecular formula is C26H26FN5O4. The Morgan fingerprint density at radius 2 is 2.00 bits per heavy atom. The lowest BCUT2D eigenvalue weighted by Crippen LogP contribution is -2.28. The van der Waals surface area contributed by atoms with Crippen LogP contribution in [0.1, 0.15) is 28.8 Å². The molecular weight excluding hydrogens is 465 g/mol. The van der Waals surface area contributed by atoms with Gasteiger partial charge in [-0.05, 0) is 55.3 Å². The number of imidazole rings is 1. The van der Waals surface area contributed by atoms with Gasteiger partial charge in [0.1, 0.15) is 0 Å². The number of aryl methyl sites for hydroxylation is 1. The fourth-order valence-electron chi connectivity index (χ4n) is 3.94. The molecule has 9 nitrogen and oxygen atoms in total. The molecule has 4 aromatic rings. The molecule has 4 rings (SSSR count). The van der Waals surface area contributed by atoms with Crippen molar-refractivity contribution in [2.24, 2.45) is 0 Å². The summed E-state index contributed by atoms with van der Waals surface area (Å²) in [5, 5.41) is 12.0. The van der Waals surface area contributed by atoms with Crippen molar-refractivity contribution in [2.45, 2.75) is 19.8 Å². The Bertz CT molecular complexity index is 1440. The van der Waals surface area contributed by atoms with E-state index >= 15 is 0 Å². The van der Waals surface area contributed by atoms with Gasteiger partial charge < -0.3 is 20.1 Å². The number of amides is 1. The number of carbonyl (C=O) groups is 2. The van der Waals surface area contributed by atoms with Crippen molar-refractivity contribution in [3.63, 3.8) is 0 Å². The highest BCUT2D eigenvalue weighted by atomic mass is 19.1. The van der Waals surface area contributed by atoms with Gasteiger partial charge in [0.25, 0.3) is 5.91 Å². The Balaban J connectivity index is 1.55. The van der Waals surface area contributed by atoms with Crippen LogP contribution in [0.15, 0.2) is 55.0 Å². The van der Waals surface area contributed by atoms with Gasteiger partial charge in [-0.2, -0.15) is 0 Å². The largest absolute Gasteiger partial charge is 0.494 e. The highest BCUT2D eigenvalue weighted by Gasteiger charge is 2.16. The zero-order chi connectivity index (χ0) is 25.8. The molecule has 0 atom stereocenters. The molecule has 36 heavy (non-hydrogen) atoms.